The van der Waals surface area contributed by atoms with Crippen molar-refractivity contribution in [2.75, 3.05) is 39.3 Å². The van der Waals surface area contributed by atoms with E-state index in [0.717, 1.165) is 27.9 Å². The minimum Gasteiger partial charge on any atom is -0.483 e. The van der Waals surface area contributed by atoms with E-state index in [1.807, 2.05) is 63.3 Å². The maximum absolute atomic E-state index is 11.2. The molecule has 0 atom stereocenters. The highest BCUT2D eigenvalue weighted by Crippen LogP contribution is 2.45. The van der Waals surface area contributed by atoms with Gasteiger partial charge in [0.1, 0.15) is 25.6 Å². The van der Waals surface area contributed by atoms with E-state index in [1.54, 1.807) is 10.9 Å². The first-order valence-electron chi connectivity index (χ1n) is 13.6. The molecule has 0 saturated heterocycles. The molecule has 0 unspecified atom stereocenters. The van der Waals surface area contributed by atoms with Crippen LogP contribution >= 0.6 is 0 Å². The van der Waals surface area contributed by atoms with Gasteiger partial charge in [0, 0.05) is 39.3 Å². The average molecular weight is 563 g/mol. The van der Waals surface area contributed by atoms with Crippen LogP contribution in [0, 0.1) is 0 Å². The molecule has 41 heavy (non-hydrogen) atoms. The van der Waals surface area contributed by atoms with Gasteiger partial charge in [0.25, 0.3) is 0 Å². The number of fused-ring (bicyclic) bond motifs is 3. The number of rotatable bonds is 12. The van der Waals surface area contributed by atoms with E-state index < -0.39 is 0 Å². The summed E-state index contributed by atoms with van der Waals surface area (Å²) in [6.07, 6.45) is 5.44. The van der Waals surface area contributed by atoms with Crippen molar-refractivity contribution < 1.29 is 14.3 Å². The van der Waals surface area contributed by atoms with Crippen LogP contribution in [0.3, 0.4) is 0 Å². The zero-order valence-corrected chi connectivity index (χ0v) is 24.9. The fourth-order valence-corrected chi connectivity index (χ4v) is 4.52. The number of para-hydroxylation sites is 1. The third-order valence-electron chi connectivity index (χ3n) is 6.18. The fourth-order valence-electron chi connectivity index (χ4n) is 4.52. The Hall–Kier alpha value is -4.51. The molecule has 220 valence electrons. The van der Waals surface area contributed by atoms with Crippen molar-refractivity contribution in [3.8, 4) is 22.6 Å². The van der Waals surface area contributed by atoms with Crippen LogP contribution in [0.4, 0.5) is 5.69 Å². The van der Waals surface area contributed by atoms with Crippen molar-refractivity contribution in [2.45, 2.75) is 40.6 Å². The summed E-state index contributed by atoms with van der Waals surface area (Å²) in [6.45, 7) is 11.4. The molecule has 1 aromatic heterocycles. The highest BCUT2D eigenvalue weighted by molar-refractivity contribution is 5.89. The minimum atomic E-state index is -0.143. The molecule has 3 aromatic rings. The molecule has 0 aliphatic carbocycles. The monoisotopic (exact) mass is 562 g/mol. The van der Waals surface area contributed by atoms with Crippen LogP contribution in [0.1, 0.15) is 37.6 Å². The lowest BCUT2D eigenvalue weighted by atomic mass is 9.91. The summed E-state index contributed by atoms with van der Waals surface area (Å²) in [6, 6.07) is 10.2. The lowest BCUT2D eigenvalue weighted by Gasteiger charge is -2.32. The summed E-state index contributed by atoms with van der Waals surface area (Å²) in [5.74, 6) is 1.01. The Morgan fingerprint density at radius 2 is 1.98 bits per heavy atom. The molecule has 2 heterocycles. The maximum atomic E-state index is 11.2. The van der Waals surface area contributed by atoms with Crippen molar-refractivity contribution in [2.24, 2.45) is 5.73 Å². The summed E-state index contributed by atoms with van der Waals surface area (Å²) < 4.78 is 14.0. The number of ether oxygens (including phenoxy) is 2. The normalized spacial score (nSPS) is 12.0. The van der Waals surface area contributed by atoms with Crippen LogP contribution < -0.4 is 30.7 Å². The fraction of sp³-hybridized carbons (Fsp3) is 0.367. The zero-order chi connectivity index (χ0) is 29.9. The maximum Gasteiger partial charge on any atom is 0.218 e. The Labute approximate surface area is 242 Å². The lowest BCUT2D eigenvalue weighted by molar-refractivity contribution is -0.119. The van der Waals surface area contributed by atoms with E-state index in [4.69, 9.17) is 15.2 Å². The number of nitrogens with zero attached hydrogens (tertiary/aromatic N) is 5. The second-order valence-electron chi connectivity index (χ2n) is 9.45. The number of anilines is 1. The van der Waals surface area contributed by atoms with Gasteiger partial charge in [0.05, 0.1) is 24.2 Å². The minimum absolute atomic E-state index is 0.143. The number of aromatic nitrogens is 3. The van der Waals surface area contributed by atoms with Crippen LogP contribution in [0.5, 0.6) is 11.5 Å². The van der Waals surface area contributed by atoms with Gasteiger partial charge in [0.2, 0.25) is 5.91 Å². The Morgan fingerprint density at radius 3 is 2.68 bits per heavy atom. The van der Waals surface area contributed by atoms with E-state index in [1.165, 1.54) is 6.92 Å². The summed E-state index contributed by atoms with van der Waals surface area (Å²) in [5.41, 5.74) is 12.9. The summed E-state index contributed by atoms with van der Waals surface area (Å²) in [4.78, 5) is 15.4. The van der Waals surface area contributed by atoms with Crippen molar-refractivity contribution in [3.05, 3.63) is 71.8 Å². The largest absolute Gasteiger partial charge is 0.483 e. The number of nitrogens with one attached hydrogen (secondary N) is 2. The highest BCUT2D eigenvalue weighted by Gasteiger charge is 2.24. The molecule has 0 saturated carbocycles. The molecule has 11 heteroatoms. The molecule has 0 spiro atoms. The van der Waals surface area contributed by atoms with E-state index in [2.05, 4.69) is 51.6 Å². The summed E-state index contributed by atoms with van der Waals surface area (Å²) in [7, 11) is 5.88. The SMILES string of the molecule is C=Cc1cccc2c1N(C)Cc1cc(OC/C(N)=C/N(C)CNC)c(OCc3cn(CNC(C)=O)nn3)cc1-2.CC. The number of carbonyl (C=O) groups is 1. The number of nitrogens with two attached hydrogens (primary N) is 1. The van der Waals surface area contributed by atoms with E-state index in [0.29, 0.717) is 36.1 Å². The van der Waals surface area contributed by atoms with Crippen LogP contribution in [-0.2, 0) is 24.6 Å². The first kappa shape index (κ1) is 31.0. The average Bonchev–Trinajstić information content (AvgIpc) is 3.42. The van der Waals surface area contributed by atoms with Crippen LogP contribution in [-0.4, -0.2) is 60.2 Å². The van der Waals surface area contributed by atoms with Crippen molar-refractivity contribution in [1.29, 1.82) is 0 Å². The molecule has 0 fully saturated rings. The number of carbonyl (C=O) groups excluding carboxylic acids is 1. The number of amides is 1. The quantitative estimate of drug-likeness (QED) is 0.285. The van der Waals surface area contributed by atoms with E-state index in [9.17, 15) is 4.79 Å². The first-order valence-corrected chi connectivity index (χ1v) is 13.6. The van der Waals surface area contributed by atoms with Gasteiger partial charge in [-0.25, -0.2) is 4.68 Å². The lowest BCUT2D eigenvalue weighted by Crippen LogP contribution is -2.26. The summed E-state index contributed by atoms with van der Waals surface area (Å²) >= 11 is 0. The Kier molecular flexibility index (Phi) is 11.2. The molecule has 2 aromatic carbocycles. The van der Waals surface area contributed by atoms with Crippen LogP contribution in [0.25, 0.3) is 17.2 Å². The Morgan fingerprint density at radius 1 is 1.22 bits per heavy atom. The van der Waals surface area contributed by atoms with Gasteiger partial charge in [-0.15, -0.1) is 5.10 Å². The molecule has 0 bridgehead atoms. The first-order chi connectivity index (χ1) is 19.8. The van der Waals surface area contributed by atoms with Gasteiger partial charge in [-0.05, 0) is 35.9 Å². The van der Waals surface area contributed by atoms with Crippen LogP contribution in [0.2, 0.25) is 0 Å². The van der Waals surface area contributed by atoms with Gasteiger partial charge in [-0.1, -0.05) is 49.9 Å². The second kappa shape index (κ2) is 14.8. The van der Waals surface area contributed by atoms with Gasteiger partial charge in [-0.3, -0.25) is 4.79 Å². The molecule has 0 radical (unpaired) electrons. The summed E-state index contributed by atoms with van der Waals surface area (Å²) in [5, 5.41) is 14.0. The van der Waals surface area contributed by atoms with Gasteiger partial charge in [-0.2, -0.15) is 0 Å². The third-order valence-corrected chi connectivity index (χ3v) is 6.18. The molecule has 1 aliphatic rings. The molecule has 11 nitrogen and oxygen atoms in total. The van der Waals surface area contributed by atoms with Crippen molar-refractivity contribution in [3.63, 3.8) is 0 Å². The molecular weight excluding hydrogens is 520 g/mol. The topological polar surface area (TPSA) is 123 Å². The standard InChI is InChI=1S/C28H36N8O3.C2H6/c1-6-20-8-7-9-24-25-11-27(39-16-23-14-36(33-32-23)18-31-19(2)37)26(10-21(25)12-35(5)28(20)24)38-15-22(29)13-34(4)17-30-3;1-2/h6-11,13-14,30H,1,12,15-18,29H2,2-5H3,(H,31,37);1-2H3/b22-13-;. The highest BCUT2D eigenvalue weighted by atomic mass is 16.5. The number of benzene rings is 2. The molecule has 1 aliphatic heterocycles. The Balaban J connectivity index is 0.00000226. The Bertz CT molecular complexity index is 1370. The molecular formula is C30H42N8O3. The third kappa shape index (κ3) is 8.01. The predicted octanol–water partition coefficient (Wildman–Crippen LogP) is 3.52. The number of hydrogen-bond donors (Lipinski definition) is 3. The smallest absolute Gasteiger partial charge is 0.218 e. The van der Waals surface area contributed by atoms with Crippen molar-refractivity contribution >= 4 is 17.7 Å². The zero-order valence-electron chi connectivity index (χ0n) is 24.9. The van der Waals surface area contributed by atoms with Gasteiger partial charge < -0.3 is 35.6 Å². The predicted molar refractivity (Wildman–Crippen MR) is 163 cm³/mol. The molecule has 4 N–H and O–H groups in total. The van der Waals surface area contributed by atoms with Gasteiger partial charge in [0.15, 0.2) is 11.5 Å². The van der Waals surface area contributed by atoms with Crippen molar-refractivity contribution in [1.82, 2.24) is 30.5 Å². The van der Waals surface area contributed by atoms with Gasteiger partial charge >= 0.3 is 0 Å². The molecule has 4 rings (SSSR count). The van der Waals surface area contributed by atoms with Crippen LogP contribution in [0.15, 0.2) is 55.0 Å². The number of hydrogen-bond acceptors (Lipinski definition) is 9. The van der Waals surface area contributed by atoms with E-state index in [-0.39, 0.29) is 25.8 Å². The second-order valence-corrected chi connectivity index (χ2v) is 9.45. The molecule has 1 amide bonds. The van der Waals surface area contributed by atoms with E-state index >= 15 is 0 Å².